The highest BCUT2D eigenvalue weighted by Crippen LogP contribution is 2.13. The van der Waals surface area contributed by atoms with Crippen LogP contribution in [-0.2, 0) is 17.8 Å². The van der Waals surface area contributed by atoms with Crippen molar-refractivity contribution < 1.29 is 4.74 Å². The van der Waals surface area contributed by atoms with Crippen LogP contribution in [0, 0.1) is 6.10 Å². The molecule has 2 aromatic rings. The molecule has 0 amide bonds. The van der Waals surface area contributed by atoms with Crippen LogP contribution in [0.25, 0.3) is 0 Å². The molecule has 0 heterocycles. The smallest absolute Gasteiger partial charge is 0.0988 e. The van der Waals surface area contributed by atoms with Gasteiger partial charge in [-0.25, -0.2) is 0 Å². The molecular formula is C16H17O. The lowest BCUT2D eigenvalue weighted by molar-refractivity contribution is 0.133. The molecule has 0 atom stereocenters. The Hall–Kier alpha value is -1.60. The summed E-state index contributed by atoms with van der Waals surface area (Å²) in [6.45, 7) is 2.69. The molecule has 0 fully saturated rings. The Morgan fingerprint density at radius 2 is 1.35 bits per heavy atom. The summed E-state index contributed by atoms with van der Waals surface area (Å²) in [7, 11) is 0. The topological polar surface area (TPSA) is 9.23 Å². The normalized spacial score (nSPS) is 10.7. The first kappa shape index (κ1) is 11.9. The second-order valence-corrected chi connectivity index (χ2v) is 4.14. The zero-order chi connectivity index (χ0) is 11.9. The molecule has 0 aliphatic heterocycles. The van der Waals surface area contributed by atoms with Crippen molar-refractivity contribution in [2.45, 2.75) is 20.0 Å². The Morgan fingerprint density at radius 1 is 0.824 bits per heavy atom. The van der Waals surface area contributed by atoms with Crippen molar-refractivity contribution in [1.82, 2.24) is 0 Å². The molecule has 1 heteroatoms. The molecule has 1 radical (unpaired) electrons. The predicted octanol–water partition coefficient (Wildman–Crippen LogP) is 4.00. The summed E-state index contributed by atoms with van der Waals surface area (Å²) in [4.78, 5) is 0. The van der Waals surface area contributed by atoms with Gasteiger partial charge in [-0.3, -0.25) is 0 Å². The van der Waals surface area contributed by atoms with Crippen LogP contribution in [0.2, 0.25) is 0 Å². The third-order valence-electron chi connectivity index (χ3n) is 2.62. The predicted molar refractivity (Wildman–Crippen MR) is 70.3 cm³/mol. The van der Waals surface area contributed by atoms with E-state index in [-0.39, 0.29) is 0 Å². The van der Waals surface area contributed by atoms with Crippen molar-refractivity contribution in [3.05, 3.63) is 77.9 Å². The maximum absolute atomic E-state index is 5.75. The molecule has 0 spiro atoms. The lowest BCUT2D eigenvalue weighted by Crippen LogP contribution is -2.03. The number of rotatable bonds is 5. The van der Waals surface area contributed by atoms with Crippen molar-refractivity contribution in [2.24, 2.45) is 0 Å². The van der Waals surface area contributed by atoms with Crippen molar-refractivity contribution in [3.63, 3.8) is 0 Å². The van der Waals surface area contributed by atoms with E-state index in [1.165, 1.54) is 11.1 Å². The average Bonchev–Trinajstić information content (AvgIpc) is 2.39. The van der Waals surface area contributed by atoms with Gasteiger partial charge in [-0.1, -0.05) is 60.7 Å². The molecule has 0 N–H and O–H groups in total. The van der Waals surface area contributed by atoms with Gasteiger partial charge < -0.3 is 4.74 Å². The fourth-order valence-electron chi connectivity index (χ4n) is 1.72. The standard InChI is InChI=1S/C16H17O/c1-14(12-15-8-4-2-5-9-15)17-13-16-10-6-3-7-11-16/h2-11H,12-13H2,1H3. The molecule has 87 valence electrons. The van der Waals surface area contributed by atoms with Crippen LogP contribution >= 0.6 is 0 Å². The van der Waals surface area contributed by atoms with E-state index < -0.39 is 0 Å². The Balaban J connectivity index is 1.80. The van der Waals surface area contributed by atoms with Crippen LogP contribution in [0.5, 0.6) is 0 Å². The maximum Gasteiger partial charge on any atom is 0.0988 e. The number of hydrogen-bond acceptors (Lipinski definition) is 1. The van der Waals surface area contributed by atoms with E-state index in [2.05, 4.69) is 36.4 Å². The van der Waals surface area contributed by atoms with Gasteiger partial charge in [0.15, 0.2) is 0 Å². The van der Waals surface area contributed by atoms with Crippen LogP contribution < -0.4 is 0 Å². The van der Waals surface area contributed by atoms with E-state index >= 15 is 0 Å². The highest BCUT2D eigenvalue weighted by atomic mass is 16.5. The van der Waals surface area contributed by atoms with Crippen molar-refractivity contribution in [3.8, 4) is 0 Å². The minimum absolute atomic E-state index is 0.652. The van der Waals surface area contributed by atoms with Crippen LogP contribution in [-0.4, -0.2) is 0 Å². The third-order valence-corrected chi connectivity index (χ3v) is 2.62. The Morgan fingerprint density at radius 3 is 1.94 bits per heavy atom. The van der Waals surface area contributed by atoms with Gasteiger partial charge in [-0.05, 0) is 18.1 Å². The summed E-state index contributed by atoms with van der Waals surface area (Å²) in [5, 5.41) is 0. The lowest BCUT2D eigenvalue weighted by atomic mass is 10.1. The highest BCUT2D eigenvalue weighted by Gasteiger charge is 2.04. The van der Waals surface area contributed by atoms with E-state index in [4.69, 9.17) is 4.74 Å². The average molecular weight is 225 g/mol. The van der Waals surface area contributed by atoms with Gasteiger partial charge in [0.2, 0.25) is 0 Å². The Labute approximate surface area is 103 Å². The second-order valence-electron chi connectivity index (χ2n) is 4.14. The molecule has 2 aromatic carbocycles. The van der Waals surface area contributed by atoms with Crippen LogP contribution in [0.1, 0.15) is 18.1 Å². The summed E-state index contributed by atoms with van der Waals surface area (Å²) >= 11 is 0. The molecule has 1 nitrogen and oxygen atoms in total. The first-order chi connectivity index (χ1) is 8.34. The quantitative estimate of drug-likeness (QED) is 0.747. The lowest BCUT2D eigenvalue weighted by Gasteiger charge is -2.12. The van der Waals surface area contributed by atoms with E-state index in [1.54, 1.807) is 0 Å². The summed E-state index contributed by atoms with van der Waals surface area (Å²) in [5.74, 6) is 0. The number of hydrogen-bond donors (Lipinski definition) is 0. The van der Waals surface area contributed by atoms with Gasteiger partial charge >= 0.3 is 0 Å². The summed E-state index contributed by atoms with van der Waals surface area (Å²) < 4.78 is 5.75. The first-order valence-corrected chi connectivity index (χ1v) is 5.87. The summed E-state index contributed by atoms with van der Waals surface area (Å²) in [5.41, 5.74) is 2.50. The molecule has 0 aromatic heterocycles. The van der Waals surface area contributed by atoms with Gasteiger partial charge in [-0.15, -0.1) is 0 Å². The van der Waals surface area contributed by atoms with Crippen LogP contribution in [0.15, 0.2) is 60.7 Å². The Kier molecular flexibility index (Phi) is 4.34. The maximum atomic E-state index is 5.75. The molecular weight excluding hydrogens is 208 g/mol. The van der Waals surface area contributed by atoms with Gasteiger partial charge in [0.25, 0.3) is 0 Å². The van der Waals surface area contributed by atoms with Crippen molar-refractivity contribution >= 4 is 0 Å². The van der Waals surface area contributed by atoms with E-state index in [1.807, 2.05) is 31.2 Å². The van der Waals surface area contributed by atoms with Gasteiger partial charge in [0, 0.05) is 6.42 Å². The highest BCUT2D eigenvalue weighted by molar-refractivity contribution is 5.17. The zero-order valence-electron chi connectivity index (χ0n) is 10.1. The molecule has 0 aliphatic carbocycles. The molecule has 0 aliphatic rings. The Bertz CT molecular complexity index is 422. The van der Waals surface area contributed by atoms with E-state index in [0.717, 1.165) is 12.5 Å². The summed E-state index contributed by atoms with van der Waals surface area (Å²) in [6, 6.07) is 20.6. The van der Waals surface area contributed by atoms with E-state index in [9.17, 15) is 0 Å². The van der Waals surface area contributed by atoms with Gasteiger partial charge in [0.05, 0.1) is 12.7 Å². The fourth-order valence-corrected chi connectivity index (χ4v) is 1.72. The molecule has 0 saturated heterocycles. The van der Waals surface area contributed by atoms with Crippen molar-refractivity contribution in [2.75, 3.05) is 0 Å². The monoisotopic (exact) mass is 225 g/mol. The molecule has 0 unspecified atom stereocenters. The largest absolute Gasteiger partial charge is 0.367 e. The second kappa shape index (κ2) is 6.21. The van der Waals surface area contributed by atoms with Crippen LogP contribution in [0.4, 0.5) is 0 Å². The molecule has 17 heavy (non-hydrogen) atoms. The number of benzene rings is 2. The third kappa shape index (κ3) is 4.04. The first-order valence-electron chi connectivity index (χ1n) is 5.87. The SMILES string of the molecule is C[C](Cc1ccccc1)OCc1ccccc1. The summed E-state index contributed by atoms with van der Waals surface area (Å²) in [6.07, 6.45) is 1.94. The minimum atomic E-state index is 0.652. The van der Waals surface area contributed by atoms with Crippen molar-refractivity contribution in [1.29, 1.82) is 0 Å². The minimum Gasteiger partial charge on any atom is -0.367 e. The van der Waals surface area contributed by atoms with Gasteiger partial charge in [-0.2, -0.15) is 0 Å². The zero-order valence-corrected chi connectivity index (χ0v) is 10.1. The van der Waals surface area contributed by atoms with Crippen LogP contribution in [0.3, 0.4) is 0 Å². The van der Waals surface area contributed by atoms with E-state index in [0.29, 0.717) is 6.61 Å². The fraction of sp³-hybridized carbons (Fsp3) is 0.188. The molecule has 2 rings (SSSR count). The number of ether oxygens (including phenoxy) is 1. The molecule has 0 saturated carbocycles. The molecule has 0 bridgehead atoms. The van der Waals surface area contributed by atoms with Gasteiger partial charge in [0.1, 0.15) is 0 Å².